The number of aromatic nitrogens is 3. The Morgan fingerprint density at radius 1 is 1.36 bits per heavy atom. The van der Waals surface area contributed by atoms with Crippen LogP contribution in [0.3, 0.4) is 0 Å². The average Bonchev–Trinajstić information content (AvgIpc) is 3.10. The van der Waals surface area contributed by atoms with Crippen molar-refractivity contribution in [1.82, 2.24) is 14.8 Å². The summed E-state index contributed by atoms with van der Waals surface area (Å²) in [7, 11) is 0. The lowest BCUT2D eigenvalue weighted by Gasteiger charge is -2.29. The van der Waals surface area contributed by atoms with Gasteiger partial charge in [-0.2, -0.15) is 0 Å². The van der Waals surface area contributed by atoms with Crippen LogP contribution in [0.5, 0.6) is 0 Å². The summed E-state index contributed by atoms with van der Waals surface area (Å²) in [6, 6.07) is 8.20. The summed E-state index contributed by atoms with van der Waals surface area (Å²) >= 11 is 1.39. The second-order valence-corrected chi connectivity index (χ2v) is 7.04. The predicted molar refractivity (Wildman–Crippen MR) is 99.2 cm³/mol. The van der Waals surface area contributed by atoms with E-state index < -0.39 is 0 Å². The monoisotopic (exact) mass is 361 g/mol. The molecule has 2 aromatic rings. The number of carbonyl (C=O) groups excluding carboxylic acids is 1. The zero-order chi connectivity index (χ0) is 17.6. The van der Waals surface area contributed by atoms with E-state index in [2.05, 4.69) is 40.3 Å². The summed E-state index contributed by atoms with van der Waals surface area (Å²) in [6.45, 7) is 7.35. The van der Waals surface area contributed by atoms with Crippen molar-refractivity contribution in [2.45, 2.75) is 25.0 Å². The second kappa shape index (κ2) is 8.35. The lowest BCUT2D eigenvalue weighted by atomic mass is 10.2. The molecule has 1 aromatic heterocycles. The SMILES string of the molecule is CC(C)n1cnnc1SCC(=O)Nc1cccc(N2CCOCC2)c1. The van der Waals surface area contributed by atoms with Gasteiger partial charge in [0.15, 0.2) is 5.16 Å². The summed E-state index contributed by atoms with van der Waals surface area (Å²) in [6.07, 6.45) is 1.69. The van der Waals surface area contributed by atoms with E-state index >= 15 is 0 Å². The van der Waals surface area contributed by atoms with Crippen LogP contribution >= 0.6 is 11.8 Å². The first-order valence-electron chi connectivity index (χ1n) is 8.38. The van der Waals surface area contributed by atoms with Crippen LogP contribution in [-0.4, -0.2) is 52.7 Å². The molecule has 1 saturated heterocycles. The smallest absolute Gasteiger partial charge is 0.234 e. The van der Waals surface area contributed by atoms with Crippen LogP contribution in [-0.2, 0) is 9.53 Å². The fourth-order valence-corrected chi connectivity index (χ4v) is 3.46. The number of ether oxygens (including phenoxy) is 1. The van der Waals surface area contributed by atoms with Crippen molar-refractivity contribution in [2.24, 2.45) is 0 Å². The van der Waals surface area contributed by atoms with Gasteiger partial charge in [0.05, 0.1) is 19.0 Å². The van der Waals surface area contributed by atoms with Crippen molar-refractivity contribution in [3.8, 4) is 0 Å². The third kappa shape index (κ3) is 4.73. The Bertz CT molecular complexity index is 713. The molecule has 0 radical (unpaired) electrons. The molecule has 0 unspecified atom stereocenters. The van der Waals surface area contributed by atoms with Crippen molar-refractivity contribution in [3.63, 3.8) is 0 Å². The Hall–Kier alpha value is -2.06. The number of thioether (sulfide) groups is 1. The molecule has 8 heteroatoms. The van der Waals surface area contributed by atoms with Gasteiger partial charge >= 0.3 is 0 Å². The Morgan fingerprint density at radius 3 is 2.92 bits per heavy atom. The van der Waals surface area contributed by atoms with Crippen molar-refractivity contribution >= 4 is 29.0 Å². The quantitative estimate of drug-likeness (QED) is 0.797. The molecule has 1 aliphatic rings. The third-order valence-corrected chi connectivity index (χ3v) is 4.89. The van der Waals surface area contributed by atoms with Gasteiger partial charge in [0.2, 0.25) is 5.91 Å². The van der Waals surface area contributed by atoms with E-state index in [1.807, 2.05) is 22.8 Å². The Morgan fingerprint density at radius 2 is 2.16 bits per heavy atom. The molecule has 0 bridgehead atoms. The zero-order valence-electron chi connectivity index (χ0n) is 14.5. The van der Waals surface area contributed by atoms with E-state index in [0.29, 0.717) is 5.75 Å². The first kappa shape index (κ1) is 17.8. The van der Waals surface area contributed by atoms with Crippen LogP contribution in [0.15, 0.2) is 35.7 Å². The van der Waals surface area contributed by atoms with Crippen LogP contribution in [0.1, 0.15) is 19.9 Å². The number of morpholine rings is 1. The third-order valence-electron chi connectivity index (χ3n) is 3.94. The molecular formula is C17H23N5O2S. The van der Waals surface area contributed by atoms with Gasteiger partial charge < -0.3 is 19.5 Å². The van der Waals surface area contributed by atoms with Gasteiger partial charge in [-0.25, -0.2) is 0 Å². The van der Waals surface area contributed by atoms with Gasteiger partial charge in [-0.05, 0) is 32.0 Å². The number of anilines is 2. The van der Waals surface area contributed by atoms with Crippen molar-refractivity contribution in [2.75, 3.05) is 42.3 Å². The van der Waals surface area contributed by atoms with Crippen LogP contribution in [0, 0.1) is 0 Å². The molecule has 25 heavy (non-hydrogen) atoms. The molecule has 1 fully saturated rings. The highest BCUT2D eigenvalue weighted by Gasteiger charge is 2.13. The van der Waals surface area contributed by atoms with E-state index in [1.165, 1.54) is 11.8 Å². The Labute approximate surface area is 151 Å². The maximum atomic E-state index is 12.3. The molecule has 1 amide bonds. The summed E-state index contributed by atoms with van der Waals surface area (Å²) in [5.41, 5.74) is 1.91. The van der Waals surface area contributed by atoms with Gasteiger partial charge in [0.25, 0.3) is 0 Å². The molecule has 0 atom stereocenters. The fourth-order valence-electron chi connectivity index (χ4n) is 2.62. The van der Waals surface area contributed by atoms with Gasteiger partial charge in [-0.15, -0.1) is 10.2 Å². The van der Waals surface area contributed by atoms with E-state index in [4.69, 9.17) is 4.74 Å². The number of nitrogens with one attached hydrogen (secondary N) is 1. The van der Waals surface area contributed by atoms with Gasteiger partial charge in [0, 0.05) is 30.5 Å². The molecule has 2 heterocycles. The van der Waals surface area contributed by atoms with E-state index in [-0.39, 0.29) is 11.9 Å². The topological polar surface area (TPSA) is 72.3 Å². The molecule has 7 nitrogen and oxygen atoms in total. The predicted octanol–water partition coefficient (Wildman–Crippen LogP) is 2.43. The summed E-state index contributed by atoms with van der Waals surface area (Å²) in [5.74, 6) is 0.246. The fraction of sp³-hybridized carbons (Fsp3) is 0.471. The zero-order valence-corrected chi connectivity index (χ0v) is 15.3. The number of rotatable bonds is 6. The molecular weight excluding hydrogens is 338 g/mol. The first-order chi connectivity index (χ1) is 12.1. The highest BCUT2D eigenvalue weighted by atomic mass is 32.2. The normalized spacial score (nSPS) is 14.8. The van der Waals surface area contributed by atoms with Gasteiger partial charge in [-0.1, -0.05) is 17.8 Å². The number of hydrogen-bond donors (Lipinski definition) is 1. The molecule has 1 aliphatic heterocycles. The molecule has 1 aromatic carbocycles. The molecule has 134 valence electrons. The average molecular weight is 361 g/mol. The molecule has 0 saturated carbocycles. The van der Waals surface area contributed by atoms with E-state index in [0.717, 1.165) is 42.8 Å². The number of benzene rings is 1. The lowest BCUT2D eigenvalue weighted by Crippen LogP contribution is -2.36. The number of nitrogens with zero attached hydrogens (tertiary/aromatic N) is 4. The minimum atomic E-state index is -0.0533. The highest BCUT2D eigenvalue weighted by Crippen LogP contribution is 2.22. The van der Waals surface area contributed by atoms with Gasteiger partial charge in [0.1, 0.15) is 6.33 Å². The van der Waals surface area contributed by atoms with E-state index in [1.54, 1.807) is 6.33 Å². The Kier molecular flexibility index (Phi) is 5.93. The van der Waals surface area contributed by atoms with Crippen molar-refractivity contribution in [1.29, 1.82) is 0 Å². The number of hydrogen-bond acceptors (Lipinski definition) is 6. The Balaban J connectivity index is 1.56. The van der Waals surface area contributed by atoms with Crippen LogP contribution in [0.4, 0.5) is 11.4 Å². The summed E-state index contributed by atoms with van der Waals surface area (Å²) in [4.78, 5) is 14.5. The number of carbonyl (C=O) groups is 1. The lowest BCUT2D eigenvalue weighted by molar-refractivity contribution is -0.113. The van der Waals surface area contributed by atoms with Crippen LogP contribution < -0.4 is 10.2 Å². The summed E-state index contributed by atoms with van der Waals surface area (Å²) < 4.78 is 7.34. The summed E-state index contributed by atoms with van der Waals surface area (Å²) in [5, 5.41) is 11.7. The largest absolute Gasteiger partial charge is 0.378 e. The standard InChI is InChI=1S/C17H23N5O2S/c1-13(2)22-12-18-20-17(22)25-11-16(23)19-14-4-3-5-15(10-14)21-6-8-24-9-7-21/h3-5,10,12-13H,6-9,11H2,1-2H3,(H,19,23). The van der Waals surface area contributed by atoms with Crippen LogP contribution in [0.25, 0.3) is 0 Å². The maximum Gasteiger partial charge on any atom is 0.234 e. The molecule has 1 N–H and O–H groups in total. The minimum absolute atomic E-state index is 0.0533. The molecule has 0 spiro atoms. The number of amides is 1. The maximum absolute atomic E-state index is 12.3. The first-order valence-corrected chi connectivity index (χ1v) is 9.37. The molecule has 0 aliphatic carbocycles. The van der Waals surface area contributed by atoms with Gasteiger partial charge in [-0.3, -0.25) is 4.79 Å². The second-order valence-electron chi connectivity index (χ2n) is 6.10. The highest BCUT2D eigenvalue weighted by molar-refractivity contribution is 7.99. The van der Waals surface area contributed by atoms with Crippen LogP contribution in [0.2, 0.25) is 0 Å². The van der Waals surface area contributed by atoms with Crippen molar-refractivity contribution in [3.05, 3.63) is 30.6 Å². The minimum Gasteiger partial charge on any atom is -0.378 e. The van der Waals surface area contributed by atoms with Crippen molar-refractivity contribution < 1.29 is 9.53 Å². The van der Waals surface area contributed by atoms with E-state index in [9.17, 15) is 4.79 Å². The molecule has 3 rings (SSSR count).